The van der Waals surface area contributed by atoms with Crippen molar-refractivity contribution in [3.8, 4) is 56.4 Å². The number of benzene rings is 9. The molecule has 2 heterocycles. The Balaban J connectivity index is 1.11. The third-order valence-corrected chi connectivity index (χ3v) is 12.0. The van der Waals surface area contributed by atoms with Gasteiger partial charge in [0.1, 0.15) is 0 Å². The second-order valence-corrected chi connectivity index (χ2v) is 15.0. The quantitative estimate of drug-likeness (QED) is 0.166. The van der Waals surface area contributed by atoms with E-state index >= 15 is 0 Å². The molecule has 0 unspecified atom stereocenters. The minimum absolute atomic E-state index is 0.643. The van der Waals surface area contributed by atoms with Gasteiger partial charge < -0.3 is 0 Å². The van der Waals surface area contributed by atoms with E-state index < -0.39 is 0 Å². The minimum Gasteiger partial charge on any atom is -0.208 e. The van der Waals surface area contributed by atoms with Crippen LogP contribution in [0.25, 0.3) is 109 Å². The maximum atomic E-state index is 5.28. The van der Waals surface area contributed by atoms with Gasteiger partial charge in [-0.1, -0.05) is 164 Å². The van der Waals surface area contributed by atoms with E-state index in [1.807, 2.05) is 0 Å². The zero-order valence-electron chi connectivity index (χ0n) is 29.6. The van der Waals surface area contributed by atoms with Crippen LogP contribution in [-0.4, -0.2) is 15.0 Å². The Kier molecular flexibility index (Phi) is 7.35. The Morgan fingerprint density at radius 1 is 0.291 bits per heavy atom. The molecular formula is C51H31N3S. The summed E-state index contributed by atoms with van der Waals surface area (Å²) in [5.41, 5.74) is 7.64. The van der Waals surface area contributed by atoms with Crippen LogP contribution < -0.4 is 0 Å². The number of hydrogen-bond acceptors (Lipinski definition) is 4. The van der Waals surface area contributed by atoms with Gasteiger partial charge in [0, 0.05) is 36.9 Å². The SMILES string of the molecule is c1ccc(-c2ccc(-c3nc(-c4ccc(-c5cc6ccccc6c6ccccc56)cc4)nc(-c4cccc5c4sc4ccccc45)n3)c3ccccc23)cc1. The van der Waals surface area contributed by atoms with E-state index in [4.69, 9.17) is 15.0 Å². The second kappa shape index (κ2) is 12.8. The molecule has 0 atom stereocenters. The van der Waals surface area contributed by atoms with Gasteiger partial charge in [-0.25, -0.2) is 15.0 Å². The van der Waals surface area contributed by atoms with Gasteiger partial charge in [0.05, 0.1) is 0 Å². The minimum atomic E-state index is 0.643. The first-order valence-electron chi connectivity index (χ1n) is 18.5. The smallest absolute Gasteiger partial charge is 0.165 e. The second-order valence-electron chi connectivity index (χ2n) is 13.9. The van der Waals surface area contributed by atoms with Crippen molar-refractivity contribution in [2.45, 2.75) is 0 Å². The van der Waals surface area contributed by atoms with Crippen LogP contribution in [0.4, 0.5) is 0 Å². The van der Waals surface area contributed by atoms with E-state index in [0.29, 0.717) is 17.5 Å². The lowest BCUT2D eigenvalue weighted by Crippen LogP contribution is -2.01. The number of nitrogens with zero attached hydrogens (tertiary/aromatic N) is 3. The van der Waals surface area contributed by atoms with Crippen molar-refractivity contribution in [2.24, 2.45) is 0 Å². The lowest BCUT2D eigenvalue weighted by atomic mass is 9.93. The zero-order chi connectivity index (χ0) is 36.3. The van der Waals surface area contributed by atoms with Gasteiger partial charge in [0.25, 0.3) is 0 Å². The Bertz CT molecular complexity index is 3260. The highest BCUT2D eigenvalue weighted by Crippen LogP contribution is 2.41. The van der Waals surface area contributed by atoms with Gasteiger partial charge >= 0.3 is 0 Å². The van der Waals surface area contributed by atoms with Crippen LogP contribution >= 0.6 is 11.3 Å². The molecule has 0 fully saturated rings. The molecule has 0 aliphatic rings. The van der Waals surface area contributed by atoms with E-state index in [9.17, 15) is 0 Å². The van der Waals surface area contributed by atoms with Gasteiger partial charge in [-0.2, -0.15) is 0 Å². The fourth-order valence-corrected chi connectivity index (χ4v) is 9.34. The first-order valence-corrected chi connectivity index (χ1v) is 19.3. The van der Waals surface area contributed by atoms with Crippen LogP contribution in [-0.2, 0) is 0 Å². The zero-order valence-corrected chi connectivity index (χ0v) is 30.5. The lowest BCUT2D eigenvalue weighted by Gasteiger charge is -2.14. The first-order chi connectivity index (χ1) is 27.3. The van der Waals surface area contributed by atoms with Crippen molar-refractivity contribution in [2.75, 3.05) is 0 Å². The predicted molar refractivity (Wildman–Crippen MR) is 232 cm³/mol. The average Bonchev–Trinajstić information content (AvgIpc) is 3.65. The summed E-state index contributed by atoms with van der Waals surface area (Å²) in [6.07, 6.45) is 0. The van der Waals surface area contributed by atoms with E-state index in [-0.39, 0.29) is 0 Å². The summed E-state index contributed by atoms with van der Waals surface area (Å²) in [6.45, 7) is 0. The molecule has 11 rings (SSSR count). The fourth-order valence-electron chi connectivity index (χ4n) is 8.12. The average molecular weight is 718 g/mol. The first kappa shape index (κ1) is 31.5. The standard InChI is InChI=1S/C51H31N3S/c1-2-13-32(14-3-1)37-29-30-44(40-19-8-6-18-39(37)40)50-52-49(53-51(54-50)45-23-12-22-43-42-21-10-11-24-47(42)55-48(43)45)34-27-25-33(26-28-34)46-31-35-15-4-5-16-36(35)38-17-7-9-20-41(38)46/h1-31H. The molecule has 0 aliphatic heterocycles. The van der Waals surface area contributed by atoms with Gasteiger partial charge in [-0.15, -0.1) is 11.3 Å². The Morgan fingerprint density at radius 2 is 0.818 bits per heavy atom. The largest absolute Gasteiger partial charge is 0.208 e. The van der Waals surface area contributed by atoms with Crippen LogP contribution in [0.2, 0.25) is 0 Å². The molecule has 256 valence electrons. The molecule has 9 aromatic carbocycles. The summed E-state index contributed by atoms with van der Waals surface area (Å²) in [5, 5.41) is 9.71. The molecule has 0 bridgehead atoms. The number of thiophene rings is 1. The van der Waals surface area contributed by atoms with Crippen molar-refractivity contribution in [3.63, 3.8) is 0 Å². The van der Waals surface area contributed by atoms with Crippen molar-refractivity contribution >= 4 is 63.8 Å². The predicted octanol–water partition coefficient (Wildman–Crippen LogP) is 14.0. The molecule has 0 saturated carbocycles. The van der Waals surface area contributed by atoms with Gasteiger partial charge in [-0.05, 0) is 78.8 Å². The summed E-state index contributed by atoms with van der Waals surface area (Å²) in [5.74, 6) is 1.96. The molecule has 4 heteroatoms. The summed E-state index contributed by atoms with van der Waals surface area (Å²) in [6, 6.07) is 66.9. The number of fused-ring (bicyclic) bond motifs is 7. The number of aromatic nitrogens is 3. The molecular weight excluding hydrogens is 687 g/mol. The Morgan fingerprint density at radius 3 is 1.60 bits per heavy atom. The highest BCUT2D eigenvalue weighted by molar-refractivity contribution is 7.26. The van der Waals surface area contributed by atoms with E-state index in [0.717, 1.165) is 33.0 Å². The van der Waals surface area contributed by atoms with Crippen LogP contribution in [0.5, 0.6) is 0 Å². The van der Waals surface area contributed by atoms with E-state index in [1.54, 1.807) is 11.3 Å². The van der Waals surface area contributed by atoms with Gasteiger partial charge in [0.15, 0.2) is 17.5 Å². The summed E-state index contributed by atoms with van der Waals surface area (Å²) >= 11 is 1.79. The maximum Gasteiger partial charge on any atom is 0.165 e. The van der Waals surface area contributed by atoms with Crippen molar-refractivity contribution in [1.29, 1.82) is 0 Å². The molecule has 0 radical (unpaired) electrons. The van der Waals surface area contributed by atoms with Crippen molar-refractivity contribution < 1.29 is 0 Å². The molecule has 55 heavy (non-hydrogen) atoms. The molecule has 3 nitrogen and oxygen atoms in total. The summed E-state index contributed by atoms with van der Waals surface area (Å²) in [4.78, 5) is 15.8. The van der Waals surface area contributed by atoms with E-state index in [1.165, 1.54) is 58.4 Å². The summed E-state index contributed by atoms with van der Waals surface area (Å²) < 4.78 is 2.42. The molecule has 2 aromatic heterocycles. The normalized spacial score (nSPS) is 11.6. The molecule has 0 spiro atoms. The molecule has 0 saturated heterocycles. The molecule has 11 aromatic rings. The Labute approximate surface area is 321 Å². The molecule has 0 aliphatic carbocycles. The summed E-state index contributed by atoms with van der Waals surface area (Å²) in [7, 11) is 0. The molecule has 0 amide bonds. The van der Waals surface area contributed by atoms with Crippen LogP contribution in [0.3, 0.4) is 0 Å². The number of rotatable bonds is 5. The van der Waals surface area contributed by atoms with Crippen molar-refractivity contribution in [3.05, 3.63) is 188 Å². The maximum absolute atomic E-state index is 5.28. The third-order valence-electron chi connectivity index (χ3n) is 10.8. The van der Waals surface area contributed by atoms with Crippen LogP contribution in [0.15, 0.2) is 188 Å². The van der Waals surface area contributed by atoms with Gasteiger partial charge in [0.2, 0.25) is 0 Å². The topological polar surface area (TPSA) is 38.7 Å². The molecule has 0 N–H and O–H groups in total. The van der Waals surface area contributed by atoms with E-state index in [2.05, 4.69) is 188 Å². The lowest BCUT2D eigenvalue weighted by molar-refractivity contribution is 1.08. The fraction of sp³-hybridized carbons (Fsp3) is 0. The highest BCUT2D eigenvalue weighted by Gasteiger charge is 2.19. The van der Waals surface area contributed by atoms with Gasteiger partial charge in [-0.3, -0.25) is 0 Å². The third kappa shape index (κ3) is 5.30. The van der Waals surface area contributed by atoms with Crippen LogP contribution in [0, 0.1) is 0 Å². The highest BCUT2D eigenvalue weighted by atomic mass is 32.1. The number of hydrogen-bond donors (Lipinski definition) is 0. The Hall–Kier alpha value is -7.01. The monoisotopic (exact) mass is 717 g/mol. The van der Waals surface area contributed by atoms with Crippen LogP contribution in [0.1, 0.15) is 0 Å². The van der Waals surface area contributed by atoms with Crippen molar-refractivity contribution in [1.82, 2.24) is 15.0 Å².